The minimum Gasteiger partial charge on any atom is -0.379 e. The van der Waals surface area contributed by atoms with Gasteiger partial charge in [-0.2, -0.15) is 0 Å². The van der Waals surface area contributed by atoms with E-state index in [1.54, 1.807) is 0 Å². The van der Waals surface area contributed by atoms with Gasteiger partial charge in [-0.3, -0.25) is 4.79 Å². The van der Waals surface area contributed by atoms with Gasteiger partial charge in [0, 0.05) is 26.2 Å². The predicted molar refractivity (Wildman–Crippen MR) is 119 cm³/mol. The molecular formula is C20H38N4O7S. The van der Waals surface area contributed by atoms with Crippen molar-refractivity contribution >= 4 is 21.8 Å². The normalized spacial score (nSPS) is 23.5. The lowest BCUT2D eigenvalue weighted by Crippen LogP contribution is -2.39. The number of nitrogens with one attached hydrogen (secondary N) is 3. The van der Waals surface area contributed by atoms with Crippen molar-refractivity contribution in [2.24, 2.45) is 5.73 Å². The van der Waals surface area contributed by atoms with Gasteiger partial charge in [0.2, 0.25) is 5.91 Å². The second-order valence-corrected chi connectivity index (χ2v) is 10.3. The average molecular weight is 479 g/mol. The minimum absolute atomic E-state index is 0.0145. The molecule has 32 heavy (non-hydrogen) atoms. The summed E-state index contributed by atoms with van der Waals surface area (Å²) in [5.41, 5.74) is 5.37. The molecule has 2 rings (SSSR count). The third-order valence-electron chi connectivity index (χ3n) is 5.49. The van der Waals surface area contributed by atoms with Gasteiger partial charge in [-0.15, -0.1) is 0 Å². The molecule has 2 fully saturated rings. The number of sulfone groups is 1. The monoisotopic (exact) mass is 478 g/mol. The number of ether oxygens (including phenoxy) is 3. The molecule has 0 aliphatic carbocycles. The minimum atomic E-state index is -3.22. The fourth-order valence-electron chi connectivity index (χ4n) is 3.85. The van der Waals surface area contributed by atoms with Crippen molar-refractivity contribution in [1.29, 1.82) is 0 Å². The number of fused-ring (bicyclic) bond motifs is 1. The van der Waals surface area contributed by atoms with Gasteiger partial charge >= 0.3 is 6.03 Å². The van der Waals surface area contributed by atoms with Crippen LogP contribution in [0.15, 0.2) is 0 Å². The zero-order valence-corrected chi connectivity index (χ0v) is 19.5. The predicted octanol–water partition coefficient (Wildman–Crippen LogP) is -0.701. The summed E-state index contributed by atoms with van der Waals surface area (Å²) in [4.78, 5) is 23.3. The summed E-state index contributed by atoms with van der Waals surface area (Å²) in [5.74, 6) is -0.0645. The average Bonchev–Trinajstić information content (AvgIpc) is 3.20. The molecule has 186 valence electrons. The molecule has 2 aliphatic heterocycles. The number of rotatable bonds is 18. The van der Waals surface area contributed by atoms with Gasteiger partial charge in [0.25, 0.3) is 0 Å². The first kappa shape index (κ1) is 26.8. The van der Waals surface area contributed by atoms with Gasteiger partial charge in [-0.1, -0.05) is 6.42 Å². The lowest BCUT2D eigenvalue weighted by molar-refractivity contribution is -0.121. The summed E-state index contributed by atoms with van der Waals surface area (Å²) in [6, 6.07) is -1.00. The van der Waals surface area contributed by atoms with Crippen LogP contribution in [0.5, 0.6) is 0 Å². The van der Waals surface area contributed by atoms with E-state index in [0.29, 0.717) is 84.8 Å². The number of urea groups is 1. The molecule has 3 atom stereocenters. The molecule has 5 N–H and O–H groups in total. The number of carbonyl (C=O) groups is 2. The molecular weight excluding hydrogens is 440 g/mol. The number of unbranched alkanes of at least 4 members (excludes halogenated alkanes) is 1. The molecule has 0 aromatic carbocycles. The molecule has 11 nitrogen and oxygen atoms in total. The van der Waals surface area contributed by atoms with Crippen LogP contribution in [-0.2, 0) is 28.8 Å². The highest BCUT2D eigenvalue weighted by atomic mass is 32.2. The largest absolute Gasteiger partial charge is 0.379 e. The molecule has 3 amide bonds. The van der Waals surface area contributed by atoms with Gasteiger partial charge in [-0.25, -0.2) is 13.2 Å². The first-order chi connectivity index (χ1) is 15.4. The van der Waals surface area contributed by atoms with Crippen molar-refractivity contribution in [3.63, 3.8) is 0 Å². The van der Waals surface area contributed by atoms with Gasteiger partial charge in [0.05, 0.1) is 49.5 Å². The molecule has 2 aliphatic rings. The highest BCUT2D eigenvalue weighted by Crippen LogP contribution is 2.28. The SMILES string of the molecule is NCCCOCCOCCOCCCNC(=O)CCCCC1C2NC(=O)NC2CS1(=O)=O. The molecule has 2 saturated heterocycles. The van der Waals surface area contributed by atoms with E-state index in [1.807, 2.05) is 0 Å². The fourth-order valence-corrected chi connectivity index (χ4v) is 6.12. The number of nitrogens with two attached hydrogens (primary N) is 1. The van der Waals surface area contributed by atoms with Crippen molar-refractivity contribution in [3.8, 4) is 0 Å². The van der Waals surface area contributed by atoms with E-state index in [1.165, 1.54) is 0 Å². The topological polar surface area (TPSA) is 158 Å². The van der Waals surface area contributed by atoms with E-state index in [2.05, 4.69) is 16.0 Å². The van der Waals surface area contributed by atoms with Crippen LogP contribution >= 0.6 is 0 Å². The molecule has 0 bridgehead atoms. The second-order valence-electron chi connectivity index (χ2n) is 8.05. The van der Waals surface area contributed by atoms with E-state index in [0.717, 1.165) is 6.42 Å². The maximum Gasteiger partial charge on any atom is 0.315 e. The maximum atomic E-state index is 12.3. The maximum absolute atomic E-state index is 12.3. The van der Waals surface area contributed by atoms with Crippen LogP contribution in [0.1, 0.15) is 38.5 Å². The fraction of sp³-hybridized carbons (Fsp3) is 0.900. The standard InChI is InChI=1S/C20H38N4O7S/c21-7-3-9-29-11-13-31-14-12-30-10-4-8-22-18(25)6-2-1-5-17-19-16(15-32(17,27)28)23-20(26)24-19/h16-17,19H,1-15,21H2,(H,22,25)(H2,23,24,26). The Morgan fingerprint density at radius 1 is 0.969 bits per heavy atom. The Balaban J connectivity index is 1.39. The van der Waals surface area contributed by atoms with Crippen LogP contribution in [0, 0.1) is 0 Å². The van der Waals surface area contributed by atoms with Crippen molar-refractivity contribution in [2.75, 3.05) is 58.5 Å². The third kappa shape index (κ3) is 9.57. The van der Waals surface area contributed by atoms with Gasteiger partial charge in [-0.05, 0) is 32.2 Å². The third-order valence-corrected chi connectivity index (χ3v) is 7.76. The summed E-state index contributed by atoms with van der Waals surface area (Å²) in [6.45, 7) is 4.45. The Bertz CT molecular complexity index is 677. The van der Waals surface area contributed by atoms with E-state index < -0.39 is 15.1 Å². The number of amides is 3. The van der Waals surface area contributed by atoms with Crippen molar-refractivity contribution in [2.45, 2.75) is 55.9 Å². The molecule has 2 heterocycles. The summed E-state index contributed by atoms with van der Waals surface area (Å²) in [6.07, 6.45) is 3.61. The lowest BCUT2D eigenvalue weighted by atomic mass is 10.0. The van der Waals surface area contributed by atoms with E-state index in [-0.39, 0.29) is 29.8 Å². The van der Waals surface area contributed by atoms with E-state index >= 15 is 0 Å². The van der Waals surface area contributed by atoms with Crippen LogP contribution in [-0.4, -0.2) is 96.2 Å². The van der Waals surface area contributed by atoms with Crippen LogP contribution < -0.4 is 21.7 Å². The summed E-state index contributed by atoms with van der Waals surface area (Å²) in [5, 5.41) is 7.63. The van der Waals surface area contributed by atoms with Gasteiger partial charge < -0.3 is 35.9 Å². The highest BCUT2D eigenvalue weighted by molar-refractivity contribution is 7.92. The number of carbonyl (C=O) groups excluding carboxylic acids is 2. The smallest absolute Gasteiger partial charge is 0.315 e. The molecule has 12 heteroatoms. The summed E-state index contributed by atoms with van der Waals surface area (Å²) in [7, 11) is -3.22. The molecule has 0 saturated carbocycles. The quantitative estimate of drug-likeness (QED) is 0.149. The van der Waals surface area contributed by atoms with Gasteiger partial charge in [0.15, 0.2) is 9.84 Å². The Labute approximate surface area is 190 Å². The molecule has 0 radical (unpaired) electrons. The van der Waals surface area contributed by atoms with E-state index in [4.69, 9.17) is 19.9 Å². The van der Waals surface area contributed by atoms with Crippen molar-refractivity contribution < 1.29 is 32.2 Å². The number of hydrogen-bond donors (Lipinski definition) is 4. The highest BCUT2D eigenvalue weighted by Gasteiger charge is 2.51. The van der Waals surface area contributed by atoms with Gasteiger partial charge in [0.1, 0.15) is 0 Å². The van der Waals surface area contributed by atoms with Crippen LogP contribution in [0.4, 0.5) is 4.79 Å². The van der Waals surface area contributed by atoms with Crippen LogP contribution in [0.2, 0.25) is 0 Å². The first-order valence-electron chi connectivity index (χ1n) is 11.4. The molecule has 3 unspecified atom stereocenters. The van der Waals surface area contributed by atoms with Crippen LogP contribution in [0.3, 0.4) is 0 Å². The Hall–Kier alpha value is -1.47. The zero-order valence-electron chi connectivity index (χ0n) is 18.7. The lowest BCUT2D eigenvalue weighted by Gasteiger charge is -2.16. The Morgan fingerprint density at radius 2 is 1.62 bits per heavy atom. The molecule has 0 aromatic rings. The Morgan fingerprint density at radius 3 is 2.31 bits per heavy atom. The second kappa shape index (κ2) is 14.6. The van der Waals surface area contributed by atoms with Crippen molar-refractivity contribution in [1.82, 2.24) is 16.0 Å². The van der Waals surface area contributed by atoms with E-state index in [9.17, 15) is 18.0 Å². The summed E-state index contributed by atoms with van der Waals surface area (Å²) < 4.78 is 40.7. The molecule has 0 aromatic heterocycles. The van der Waals surface area contributed by atoms with Crippen LogP contribution in [0.25, 0.3) is 0 Å². The first-order valence-corrected chi connectivity index (χ1v) is 13.1. The zero-order chi connectivity index (χ0) is 23.2. The Kier molecular flexibility index (Phi) is 12.2. The molecule has 0 spiro atoms. The van der Waals surface area contributed by atoms with Crippen molar-refractivity contribution in [3.05, 3.63) is 0 Å². The number of hydrogen-bond acceptors (Lipinski definition) is 8. The summed E-state index contributed by atoms with van der Waals surface area (Å²) >= 11 is 0.